The van der Waals surface area contributed by atoms with Crippen molar-refractivity contribution in [2.45, 2.75) is 6.92 Å². The number of hydrogen-bond acceptors (Lipinski definition) is 3. The second kappa shape index (κ2) is 7.49. The quantitative estimate of drug-likeness (QED) is 0.651. The first kappa shape index (κ1) is 17.8. The minimum atomic E-state index is -0.739. The molecule has 3 aromatic rings. The topological polar surface area (TPSA) is 54.0 Å². The summed E-state index contributed by atoms with van der Waals surface area (Å²) >= 11 is 5.90. The fraction of sp³-hybridized carbons (Fsp3) is 0.0526. The number of carbonyl (C=O) groups is 1. The van der Waals surface area contributed by atoms with E-state index < -0.39 is 17.5 Å². The van der Waals surface area contributed by atoms with Gasteiger partial charge in [-0.05, 0) is 48.9 Å². The van der Waals surface area contributed by atoms with Gasteiger partial charge in [0.1, 0.15) is 17.3 Å². The van der Waals surface area contributed by atoms with Crippen molar-refractivity contribution < 1.29 is 13.6 Å². The van der Waals surface area contributed by atoms with E-state index in [1.165, 1.54) is 24.5 Å². The standard InChI is InChI=1S/C19H14ClF2N3O/c1-11-7-13(20)5-6-17(11)25-19(26)12-8-14(10-23-9-12)24-18-15(21)3-2-4-16(18)22/h2-10,24H,1H3,(H,25,26). The summed E-state index contributed by atoms with van der Waals surface area (Å²) in [5.74, 6) is -1.88. The molecule has 0 unspecified atom stereocenters. The second-order valence-electron chi connectivity index (χ2n) is 5.60. The maximum Gasteiger partial charge on any atom is 0.257 e. The molecule has 0 saturated carbocycles. The third-order valence-electron chi connectivity index (χ3n) is 3.67. The molecular weight excluding hydrogens is 360 g/mol. The van der Waals surface area contributed by atoms with Gasteiger partial charge in [0.15, 0.2) is 0 Å². The molecule has 4 nitrogen and oxygen atoms in total. The van der Waals surface area contributed by atoms with Gasteiger partial charge in [-0.2, -0.15) is 0 Å². The maximum absolute atomic E-state index is 13.7. The van der Waals surface area contributed by atoms with Crippen LogP contribution in [0.2, 0.25) is 5.02 Å². The van der Waals surface area contributed by atoms with Gasteiger partial charge in [0.25, 0.3) is 5.91 Å². The molecule has 2 aromatic carbocycles. The summed E-state index contributed by atoms with van der Waals surface area (Å²) in [5.41, 5.74) is 1.63. The van der Waals surface area contributed by atoms with Crippen LogP contribution in [0.25, 0.3) is 0 Å². The number of halogens is 3. The molecule has 0 aliphatic heterocycles. The molecule has 0 aliphatic carbocycles. The Kier molecular flexibility index (Phi) is 5.14. The van der Waals surface area contributed by atoms with Crippen LogP contribution in [0.4, 0.5) is 25.8 Å². The molecule has 132 valence electrons. The van der Waals surface area contributed by atoms with Gasteiger partial charge >= 0.3 is 0 Å². The molecule has 0 aliphatic rings. The molecule has 0 bridgehead atoms. The number of nitrogens with one attached hydrogen (secondary N) is 2. The number of carbonyl (C=O) groups excluding carboxylic acids is 1. The number of hydrogen-bond donors (Lipinski definition) is 2. The zero-order valence-electron chi connectivity index (χ0n) is 13.7. The van der Waals surface area contributed by atoms with E-state index in [-0.39, 0.29) is 16.9 Å². The number of nitrogens with zero attached hydrogens (tertiary/aromatic N) is 1. The minimum Gasteiger partial charge on any atom is -0.349 e. The van der Waals surface area contributed by atoms with Gasteiger partial charge in [0.05, 0.1) is 17.4 Å². The van der Waals surface area contributed by atoms with Gasteiger partial charge in [0, 0.05) is 16.9 Å². The van der Waals surface area contributed by atoms with Crippen molar-refractivity contribution in [3.05, 3.63) is 82.6 Å². The Bertz CT molecular complexity index is 958. The lowest BCUT2D eigenvalue weighted by Gasteiger charge is -2.11. The van der Waals surface area contributed by atoms with Crippen molar-refractivity contribution >= 4 is 34.6 Å². The Balaban J connectivity index is 1.81. The summed E-state index contributed by atoms with van der Waals surface area (Å²) in [7, 11) is 0. The van der Waals surface area contributed by atoms with E-state index in [9.17, 15) is 13.6 Å². The monoisotopic (exact) mass is 373 g/mol. The zero-order chi connectivity index (χ0) is 18.7. The van der Waals surface area contributed by atoms with E-state index in [1.54, 1.807) is 18.2 Å². The normalized spacial score (nSPS) is 10.5. The highest BCUT2D eigenvalue weighted by atomic mass is 35.5. The molecule has 1 heterocycles. The average Bonchev–Trinajstić information content (AvgIpc) is 2.61. The lowest BCUT2D eigenvalue weighted by Crippen LogP contribution is -2.13. The van der Waals surface area contributed by atoms with Crippen LogP contribution in [-0.4, -0.2) is 10.9 Å². The first-order chi connectivity index (χ1) is 12.4. The number of aryl methyl sites for hydroxylation is 1. The fourth-order valence-corrected chi connectivity index (χ4v) is 2.58. The van der Waals surface area contributed by atoms with Crippen molar-refractivity contribution in [2.24, 2.45) is 0 Å². The van der Waals surface area contributed by atoms with Crippen LogP contribution < -0.4 is 10.6 Å². The smallest absolute Gasteiger partial charge is 0.257 e. The SMILES string of the molecule is Cc1cc(Cl)ccc1NC(=O)c1cncc(Nc2c(F)cccc2F)c1. The van der Waals surface area contributed by atoms with Crippen molar-refractivity contribution in [3.63, 3.8) is 0 Å². The second-order valence-corrected chi connectivity index (χ2v) is 6.03. The highest BCUT2D eigenvalue weighted by Gasteiger charge is 2.12. The van der Waals surface area contributed by atoms with Crippen LogP contribution in [0.1, 0.15) is 15.9 Å². The summed E-state index contributed by atoms with van der Waals surface area (Å²) in [5, 5.41) is 5.93. The van der Waals surface area contributed by atoms with Gasteiger partial charge in [-0.3, -0.25) is 9.78 Å². The summed E-state index contributed by atoms with van der Waals surface area (Å²) in [6, 6.07) is 10.1. The van der Waals surface area contributed by atoms with E-state index in [0.717, 1.165) is 17.7 Å². The Morgan fingerprint density at radius 2 is 1.81 bits per heavy atom. The van der Waals surface area contributed by atoms with Crippen LogP contribution >= 0.6 is 11.6 Å². The van der Waals surface area contributed by atoms with Crippen LogP contribution in [0, 0.1) is 18.6 Å². The fourth-order valence-electron chi connectivity index (χ4n) is 2.36. The molecular formula is C19H14ClF2N3O. The highest BCUT2D eigenvalue weighted by molar-refractivity contribution is 6.30. The summed E-state index contributed by atoms with van der Waals surface area (Å²) in [6.07, 6.45) is 2.74. The van der Waals surface area contributed by atoms with E-state index >= 15 is 0 Å². The van der Waals surface area contributed by atoms with Crippen molar-refractivity contribution in [1.29, 1.82) is 0 Å². The molecule has 1 amide bonds. The van der Waals surface area contributed by atoms with Gasteiger partial charge in [0.2, 0.25) is 0 Å². The van der Waals surface area contributed by atoms with E-state index in [1.807, 2.05) is 6.92 Å². The van der Waals surface area contributed by atoms with Gasteiger partial charge in [-0.1, -0.05) is 17.7 Å². The molecule has 0 atom stereocenters. The number of anilines is 3. The molecule has 0 spiro atoms. The number of benzene rings is 2. The van der Waals surface area contributed by atoms with Crippen molar-refractivity contribution in [1.82, 2.24) is 4.98 Å². The lowest BCUT2D eigenvalue weighted by molar-refractivity contribution is 0.102. The first-order valence-corrected chi connectivity index (χ1v) is 8.05. The van der Waals surface area contributed by atoms with Crippen LogP contribution in [-0.2, 0) is 0 Å². The van der Waals surface area contributed by atoms with E-state index in [0.29, 0.717) is 10.7 Å². The summed E-state index contributed by atoms with van der Waals surface area (Å²) in [4.78, 5) is 16.4. The molecule has 2 N–H and O–H groups in total. The van der Waals surface area contributed by atoms with Crippen LogP contribution in [0.3, 0.4) is 0 Å². The molecule has 0 saturated heterocycles. The first-order valence-electron chi connectivity index (χ1n) is 7.67. The largest absolute Gasteiger partial charge is 0.349 e. The van der Waals surface area contributed by atoms with Crippen LogP contribution in [0.5, 0.6) is 0 Å². The molecule has 26 heavy (non-hydrogen) atoms. The Morgan fingerprint density at radius 3 is 2.50 bits per heavy atom. The minimum absolute atomic E-state index is 0.237. The average molecular weight is 374 g/mol. The van der Waals surface area contributed by atoms with Crippen molar-refractivity contribution in [3.8, 4) is 0 Å². The Labute approximate surface area is 153 Å². The highest BCUT2D eigenvalue weighted by Crippen LogP contribution is 2.24. The number of amides is 1. The Morgan fingerprint density at radius 1 is 1.08 bits per heavy atom. The van der Waals surface area contributed by atoms with Gasteiger partial charge < -0.3 is 10.6 Å². The predicted molar refractivity (Wildman–Crippen MR) is 98.0 cm³/mol. The molecule has 3 rings (SSSR count). The summed E-state index contributed by atoms with van der Waals surface area (Å²) < 4.78 is 27.5. The molecule has 1 aromatic heterocycles. The number of aromatic nitrogens is 1. The number of rotatable bonds is 4. The van der Waals surface area contributed by atoms with E-state index in [2.05, 4.69) is 15.6 Å². The molecule has 7 heteroatoms. The molecule has 0 fully saturated rings. The lowest BCUT2D eigenvalue weighted by atomic mass is 10.2. The van der Waals surface area contributed by atoms with Gasteiger partial charge in [-0.15, -0.1) is 0 Å². The predicted octanol–water partition coefficient (Wildman–Crippen LogP) is 5.32. The van der Waals surface area contributed by atoms with Crippen molar-refractivity contribution in [2.75, 3.05) is 10.6 Å². The number of pyridine rings is 1. The third kappa shape index (κ3) is 3.97. The summed E-state index contributed by atoms with van der Waals surface area (Å²) in [6.45, 7) is 1.82. The maximum atomic E-state index is 13.7. The zero-order valence-corrected chi connectivity index (χ0v) is 14.4. The Hall–Kier alpha value is -2.99. The number of para-hydroxylation sites is 1. The van der Waals surface area contributed by atoms with Crippen LogP contribution in [0.15, 0.2) is 54.9 Å². The van der Waals surface area contributed by atoms with E-state index in [4.69, 9.17) is 11.6 Å². The molecule has 0 radical (unpaired) electrons. The van der Waals surface area contributed by atoms with Gasteiger partial charge in [-0.25, -0.2) is 8.78 Å². The third-order valence-corrected chi connectivity index (χ3v) is 3.90.